The van der Waals surface area contributed by atoms with Gasteiger partial charge in [-0.05, 0) is 26.3 Å². The summed E-state index contributed by atoms with van der Waals surface area (Å²) in [6.07, 6.45) is -0.0727. The molecule has 9 nitrogen and oxygen atoms in total. The van der Waals surface area contributed by atoms with E-state index in [-0.39, 0.29) is 51.7 Å². The first kappa shape index (κ1) is 26.2. The molecule has 0 saturated heterocycles. The maximum Gasteiger partial charge on any atom is 0.320 e. The van der Waals surface area contributed by atoms with Crippen LogP contribution in [0.15, 0.2) is 30.3 Å². The van der Waals surface area contributed by atoms with Crippen LogP contribution in [0.3, 0.4) is 0 Å². The Morgan fingerprint density at radius 2 is 1.77 bits per heavy atom. The summed E-state index contributed by atoms with van der Waals surface area (Å²) >= 11 is 0. The number of benzene rings is 1. The number of nitrogens with one attached hydrogen (secondary N) is 2. The van der Waals surface area contributed by atoms with Gasteiger partial charge in [-0.2, -0.15) is 0 Å². The largest absolute Gasteiger partial charge is 0.469 e. The quantitative estimate of drug-likeness (QED) is 0.283. The minimum atomic E-state index is -0.574. The molecule has 0 aliphatic rings. The summed E-state index contributed by atoms with van der Waals surface area (Å²) in [5.74, 6) is -1.57. The molecule has 1 rings (SSSR count). The molecule has 0 aliphatic carbocycles. The molecule has 0 unspecified atom stereocenters. The van der Waals surface area contributed by atoms with Crippen molar-refractivity contribution in [3.05, 3.63) is 35.9 Å². The number of nitrogens with zero attached hydrogens (tertiary/aromatic N) is 1. The summed E-state index contributed by atoms with van der Waals surface area (Å²) in [5.41, 5.74) is 0.286. The van der Waals surface area contributed by atoms with E-state index in [1.807, 2.05) is 30.3 Å². The molecular weight excluding hydrogens is 401 g/mol. The highest BCUT2D eigenvalue weighted by Crippen LogP contribution is 2.06. The minimum Gasteiger partial charge on any atom is -0.469 e. The molecule has 170 valence electrons. The van der Waals surface area contributed by atoms with Crippen LogP contribution in [0.2, 0.25) is 6.32 Å². The Hall–Kier alpha value is -2.88. The second-order valence-corrected chi connectivity index (χ2v) is 7.90. The summed E-state index contributed by atoms with van der Waals surface area (Å²) < 4.78 is 10.4. The van der Waals surface area contributed by atoms with Crippen molar-refractivity contribution in [2.45, 2.75) is 39.3 Å². The molecule has 31 heavy (non-hydrogen) atoms. The number of rotatable bonds is 12. The van der Waals surface area contributed by atoms with Crippen LogP contribution < -0.4 is 10.6 Å². The highest BCUT2D eigenvalue weighted by molar-refractivity contribution is 6.74. The molecule has 0 atom stereocenters. The molecule has 0 radical (unpaired) electrons. The standard InChI is InChI=1S/C21H32BN3O6/c1-21(2,3)31-19(28)13-24-10-11-25(14-17(26)23-4)18(27)12-22-20(29)30-15-16-8-6-5-7-9-16/h5-9,22,24H,10-15H2,1-4H3,(H,23,26). The number of hydrogen-bond acceptors (Lipinski definition) is 7. The third kappa shape index (κ3) is 12.4. The van der Waals surface area contributed by atoms with Gasteiger partial charge in [0.25, 0.3) is 7.28 Å². The second kappa shape index (κ2) is 13.4. The number of hydrogen-bond donors (Lipinski definition) is 2. The lowest BCUT2D eigenvalue weighted by Gasteiger charge is -2.22. The number of amides is 2. The van der Waals surface area contributed by atoms with Gasteiger partial charge in [-0.15, -0.1) is 0 Å². The van der Waals surface area contributed by atoms with Crippen molar-refractivity contribution in [2.75, 3.05) is 33.2 Å². The summed E-state index contributed by atoms with van der Waals surface area (Å²) in [7, 11) is 1.40. The van der Waals surface area contributed by atoms with Crippen LogP contribution in [0.1, 0.15) is 26.3 Å². The number of likely N-dealkylation sites (N-methyl/N-ethyl adjacent to an activating group) is 1. The van der Waals surface area contributed by atoms with Crippen LogP contribution in [0.4, 0.5) is 4.79 Å². The minimum absolute atomic E-state index is 0.00884. The second-order valence-electron chi connectivity index (χ2n) is 7.90. The Balaban J connectivity index is 2.43. The Morgan fingerprint density at radius 3 is 2.39 bits per heavy atom. The van der Waals surface area contributed by atoms with E-state index in [1.165, 1.54) is 11.9 Å². The van der Waals surface area contributed by atoms with E-state index < -0.39 is 17.4 Å². The van der Waals surface area contributed by atoms with E-state index in [1.54, 1.807) is 20.8 Å². The van der Waals surface area contributed by atoms with Crippen molar-refractivity contribution in [1.29, 1.82) is 0 Å². The summed E-state index contributed by atoms with van der Waals surface area (Å²) in [6.45, 7) is 5.82. The molecule has 0 fully saturated rings. The fraction of sp³-hybridized carbons (Fsp3) is 0.524. The fourth-order valence-electron chi connectivity index (χ4n) is 2.50. The SMILES string of the molecule is CNC(=O)CN(CCNCC(=O)OC(C)(C)C)C(=O)CBC(=O)OCc1ccccc1. The highest BCUT2D eigenvalue weighted by Gasteiger charge is 2.20. The zero-order chi connectivity index (χ0) is 23.3. The van der Waals surface area contributed by atoms with Gasteiger partial charge in [0, 0.05) is 26.5 Å². The summed E-state index contributed by atoms with van der Waals surface area (Å²) in [4.78, 5) is 49.2. The Morgan fingerprint density at radius 1 is 1.10 bits per heavy atom. The predicted molar refractivity (Wildman–Crippen MR) is 118 cm³/mol. The van der Waals surface area contributed by atoms with Crippen LogP contribution in [0.5, 0.6) is 0 Å². The van der Waals surface area contributed by atoms with Gasteiger partial charge in [0.2, 0.25) is 17.7 Å². The predicted octanol–water partition coefficient (Wildman–Crippen LogP) is 0.684. The molecule has 2 N–H and O–H groups in total. The maximum absolute atomic E-state index is 12.5. The van der Waals surface area contributed by atoms with Crippen LogP contribution in [0, 0.1) is 0 Å². The molecule has 0 bridgehead atoms. The van der Waals surface area contributed by atoms with Crippen LogP contribution in [0.25, 0.3) is 0 Å². The van der Waals surface area contributed by atoms with Gasteiger partial charge in [0.1, 0.15) is 12.2 Å². The molecule has 0 aromatic heterocycles. The van der Waals surface area contributed by atoms with E-state index in [0.29, 0.717) is 6.54 Å². The molecule has 0 spiro atoms. The Kier molecular flexibility index (Phi) is 11.3. The van der Waals surface area contributed by atoms with Crippen molar-refractivity contribution in [3.63, 3.8) is 0 Å². The zero-order valence-electron chi connectivity index (χ0n) is 18.7. The molecule has 1 aromatic rings. The van der Waals surface area contributed by atoms with E-state index in [0.717, 1.165) is 5.56 Å². The molecule has 1 aromatic carbocycles. The number of ether oxygens (including phenoxy) is 2. The van der Waals surface area contributed by atoms with E-state index in [9.17, 15) is 19.2 Å². The molecule has 10 heteroatoms. The zero-order valence-corrected chi connectivity index (χ0v) is 18.7. The Labute approximate surface area is 184 Å². The average Bonchev–Trinajstić information content (AvgIpc) is 2.71. The lowest BCUT2D eigenvalue weighted by molar-refractivity contribution is -0.153. The maximum atomic E-state index is 12.5. The number of carbonyl (C=O) groups excluding carboxylic acids is 4. The monoisotopic (exact) mass is 433 g/mol. The van der Waals surface area contributed by atoms with E-state index >= 15 is 0 Å². The third-order valence-electron chi connectivity index (χ3n) is 4.00. The number of carbonyl (C=O) groups is 4. The fourth-order valence-corrected chi connectivity index (χ4v) is 2.50. The van der Waals surface area contributed by atoms with Gasteiger partial charge in [0.15, 0.2) is 0 Å². The van der Waals surface area contributed by atoms with Gasteiger partial charge < -0.3 is 25.0 Å². The van der Waals surface area contributed by atoms with Crippen molar-refractivity contribution in [2.24, 2.45) is 0 Å². The molecule has 0 heterocycles. The normalized spacial score (nSPS) is 10.7. The van der Waals surface area contributed by atoms with Gasteiger partial charge in [0.05, 0.1) is 13.1 Å². The van der Waals surface area contributed by atoms with Gasteiger partial charge in [-0.3, -0.25) is 19.2 Å². The first-order valence-corrected chi connectivity index (χ1v) is 10.2. The van der Waals surface area contributed by atoms with Gasteiger partial charge in [-0.1, -0.05) is 30.3 Å². The van der Waals surface area contributed by atoms with E-state index in [2.05, 4.69) is 10.6 Å². The smallest absolute Gasteiger partial charge is 0.320 e. The lowest BCUT2D eigenvalue weighted by atomic mass is 9.74. The average molecular weight is 433 g/mol. The first-order chi connectivity index (χ1) is 14.6. The molecule has 0 saturated carbocycles. The third-order valence-corrected chi connectivity index (χ3v) is 4.00. The van der Waals surface area contributed by atoms with E-state index in [4.69, 9.17) is 9.47 Å². The summed E-state index contributed by atoms with van der Waals surface area (Å²) in [6, 6.07) is 9.25. The topological polar surface area (TPSA) is 114 Å². The van der Waals surface area contributed by atoms with Crippen molar-refractivity contribution >= 4 is 30.9 Å². The molecule has 2 amide bonds. The highest BCUT2D eigenvalue weighted by atomic mass is 16.6. The van der Waals surface area contributed by atoms with Crippen LogP contribution in [-0.2, 0) is 30.5 Å². The van der Waals surface area contributed by atoms with Crippen LogP contribution in [-0.4, -0.2) is 74.7 Å². The van der Waals surface area contributed by atoms with Gasteiger partial charge in [-0.25, -0.2) is 0 Å². The summed E-state index contributed by atoms with van der Waals surface area (Å²) in [5, 5.41) is 5.37. The number of esters is 1. The van der Waals surface area contributed by atoms with Gasteiger partial charge >= 0.3 is 5.97 Å². The Bertz CT molecular complexity index is 736. The molecular formula is C21H32BN3O6. The van der Waals surface area contributed by atoms with Crippen molar-refractivity contribution in [1.82, 2.24) is 15.5 Å². The first-order valence-electron chi connectivity index (χ1n) is 10.2. The lowest BCUT2D eigenvalue weighted by Crippen LogP contribution is -2.44. The van der Waals surface area contributed by atoms with Crippen molar-refractivity contribution in [3.8, 4) is 0 Å². The van der Waals surface area contributed by atoms with Crippen molar-refractivity contribution < 1.29 is 28.7 Å². The molecule has 0 aliphatic heterocycles. The van der Waals surface area contributed by atoms with Crippen LogP contribution >= 0.6 is 0 Å².